The van der Waals surface area contributed by atoms with Crippen molar-refractivity contribution in [3.8, 4) is 0 Å². The zero-order valence-corrected chi connectivity index (χ0v) is 12.6. The molecule has 0 spiro atoms. The van der Waals surface area contributed by atoms with Gasteiger partial charge in [0, 0.05) is 18.1 Å². The van der Waals surface area contributed by atoms with Crippen LogP contribution in [0.25, 0.3) is 0 Å². The lowest BCUT2D eigenvalue weighted by Crippen LogP contribution is -2.52. The predicted octanol–water partition coefficient (Wildman–Crippen LogP) is 1.86. The van der Waals surface area contributed by atoms with E-state index in [0.29, 0.717) is 28.7 Å². The van der Waals surface area contributed by atoms with Gasteiger partial charge < -0.3 is 21.7 Å². The van der Waals surface area contributed by atoms with Crippen LogP contribution in [0.4, 0.5) is 10.7 Å². The Morgan fingerprint density at radius 3 is 2.60 bits per heavy atom. The van der Waals surface area contributed by atoms with Gasteiger partial charge in [-0.05, 0) is 38.8 Å². The lowest BCUT2D eigenvalue weighted by molar-refractivity contribution is 0.0609. The molecule has 0 saturated carbocycles. The van der Waals surface area contributed by atoms with Crippen LogP contribution in [0.15, 0.2) is 6.07 Å². The maximum Gasteiger partial charge on any atom is 0.260 e. The van der Waals surface area contributed by atoms with Gasteiger partial charge in [-0.25, -0.2) is 0 Å². The second-order valence-electron chi connectivity index (χ2n) is 5.98. The van der Waals surface area contributed by atoms with Gasteiger partial charge in [0.15, 0.2) is 0 Å². The Bertz CT molecular complexity index is 501. The first-order valence-electron chi connectivity index (χ1n) is 7.22. The molecule has 2 aliphatic rings. The summed E-state index contributed by atoms with van der Waals surface area (Å²) in [6, 6.07) is 3.68. The number of thiophene rings is 1. The highest BCUT2D eigenvalue weighted by Gasteiger charge is 2.36. The number of nitrogens with zero attached hydrogens (tertiary/aromatic N) is 1. The molecule has 2 fully saturated rings. The van der Waals surface area contributed by atoms with E-state index in [9.17, 15) is 4.79 Å². The summed E-state index contributed by atoms with van der Waals surface area (Å²) in [4.78, 5) is 14.2. The second kappa shape index (κ2) is 5.26. The van der Waals surface area contributed by atoms with Crippen molar-refractivity contribution in [1.82, 2.24) is 4.90 Å². The fraction of sp³-hybridized carbons (Fsp3) is 0.643. The number of hydrogen-bond acceptors (Lipinski definition) is 5. The first-order valence-corrected chi connectivity index (χ1v) is 8.04. The van der Waals surface area contributed by atoms with Crippen molar-refractivity contribution in [3.05, 3.63) is 10.9 Å². The number of fused-ring (bicyclic) bond motifs is 2. The van der Waals surface area contributed by atoms with Gasteiger partial charge in [0.05, 0.1) is 10.7 Å². The third-order valence-electron chi connectivity index (χ3n) is 4.67. The van der Waals surface area contributed by atoms with Gasteiger partial charge in [-0.2, -0.15) is 0 Å². The number of amides is 1. The lowest BCUT2D eigenvalue weighted by atomic mass is 9.82. The molecule has 0 aromatic carbocycles. The molecule has 3 heterocycles. The van der Waals surface area contributed by atoms with Crippen LogP contribution in [0.5, 0.6) is 0 Å². The van der Waals surface area contributed by atoms with Crippen molar-refractivity contribution < 1.29 is 4.79 Å². The largest absolute Gasteiger partial charge is 0.397 e. The zero-order chi connectivity index (χ0) is 14.3. The molecule has 6 heteroatoms. The summed E-state index contributed by atoms with van der Waals surface area (Å²) in [6.45, 7) is 0. The highest BCUT2D eigenvalue weighted by molar-refractivity contribution is 7.18. The van der Waals surface area contributed by atoms with E-state index in [2.05, 4.69) is 17.3 Å². The number of primary amides is 1. The molecular formula is C14H22N4OS. The molecule has 0 aliphatic carbocycles. The van der Waals surface area contributed by atoms with Crippen LogP contribution in [-0.4, -0.2) is 36.0 Å². The fourth-order valence-electron chi connectivity index (χ4n) is 3.60. The summed E-state index contributed by atoms with van der Waals surface area (Å²) in [5.41, 5.74) is 11.6. The smallest absolute Gasteiger partial charge is 0.260 e. The van der Waals surface area contributed by atoms with Crippen LogP contribution in [0.3, 0.4) is 0 Å². The Hall–Kier alpha value is -1.27. The SMILES string of the molecule is CN1C2CCCC1CC(Nc1cc(N)c(C(N)=O)s1)C2. The third-order valence-corrected chi connectivity index (χ3v) is 5.77. The molecule has 20 heavy (non-hydrogen) atoms. The van der Waals surface area contributed by atoms with E-state index in [1.54, 1.807) is 0 Å². The fourth-order valence-corrected chi connectivity index (χ4v) is 4.51. The Morgan fingerprint density at radius 1 is 1.40 bits per heavy atom. The summed E-state index contributed by atoms with van der Waals surface area (Å²) in [6.07, 6.45) is 6.27. The zero-order valence-electron chi connectivity index (χ0n) is 11.8. The maximum absolute atomic E-state index is 11.2. The summed E-state index contributed by atoms with van der Waals surface area (Å²) in [5.74, 6) is -0.444. The molecular weight excluding hydrogens is 272 g/mol. The van der Waals surface area contributed by atoms with Crippen LogP contribution in [0, 0.1) is 0 Å². The number of carbonyl (C=O) groups excluding carboxylic acids is 1. The van der Waals surface area contributed by atoms with Crippen molar-refractivity contribution in [1.29, 1.82) is 0 Å². The summed E-state index contributed by atoms with van der Waals surface area (Å²) >= 11 is 1.37. The minimum absolute atomic E-state index is 0.444. The molecule has 2 aliphatic heterocycles. The normalized spacial score (nSPS) is 30.1. The number of anilines is 2. The van der Waals surface area contributed by atoms with E-state index < -0.39 is 5.91 Å². The molecule has 5 nitrogen and oxygen atoms in total. The van der Waals surface area contributed by atoms with E-state index in [4.69, 9.17) is 11.5 Å². The molecule has 1 aromatic rings. The molecule has 0 radical (unpaired) electrons. The first-order chi connectivity index (χ1) is 9.54. The molecule has 2 atom stereocenters. The molecule has 2 saturated heterocycles. The Labute approximate surface area is 123 Å². The summed E-state index contributed by atoms with van der Waals surface area (Å²) < 4.78 is 0. The van der Waals surface area contributed by atoms with Gasteiger partial charge >= 0.3 is 0 Å². The van der Waals surface area contributed by atoms with Crippen LogP contribution < -0.4 is 16.8 Å². The van der Waals surface area contributed by atoms with Crippen LogP contribution in [-0.2, 0) is 0 Å². The minimum Gasteiger partial charge on any atom is -0.397 e. The van der Waals surface area contributed by atoms with E-state index in [1.807, 2.05) is 6.07 Å². The predicted molar refractivity (Wildman–Crippen MR) is 83.1 cm³/mol. The van der Waals surface area contributed by atoms with E-state index in [1.165, 1.54) is 30.6 Å². The van der Waals surface area contributed by atoms with Crippen molar-refractivity contribution in [2.45, 2.75) is 50.2 Å². The topological polar surface area (TPSA) is 84.4 Å². The average molecular weight is 294 g/mol. The van der Waals surface area contributed by atoms with Crippen LogP contribution in [0.2, 0.25) is 0 Å². The molecule has 5 N–H and O–H groups in total. The average Bonchev–Trinajstić information content (AvgIpc) is 2.72. The standard InChI is InChI=1S/C14H22N4OS/c1-18-9-3-2-4-10(18)6-8(5-9)17-12-7-11(15)13(20-12)14(16)19/h7-10,17H,2-6,15H2,1H3,(H2,16,19). The van der Waals surface area contributed by atoms with Gasteiger partial charge in [-0.3, -0.25) is 4.79 Å². The van der Waals surface area contributed by atoms with Gasteiger partial charge in [-0.15, -0.1) is 11.3 Å². The van der Waals surface area contributed by atoms with Crippen molar-refractivity contribution in [2.24, 2.45) is 5.73 Å². The van der Waals surface area contributed by atoms with Crippen molar-refractivity contribution in [2.75, 3.05) is 18.1 Å². The molecule has 2 bridgehead atoms. The van der Waals surface area contributed by atoms with Crippen LogP contribution in [0.1, 0.15) is 41.8 Å². The molecule has 2 unspecified atom stereocenters. The molecule has 110 valence electrons. The highest BCUT2D eigenvalue weighted by atomic mass is 32.1. The molecule has 1 amide bonds. The van der Waals surface area contributed by atoms with Gasteiger partial charge in [-0.1, -0.05) is 6.42 Å². The summed E-state index contributed by atoms with van der Waals surface area (Å²) in [7, 11) is 2.25. The minimum atomic E-state index is -0.444. The monoisotopic (exact) mass is 294 g/mol. The van der Waals surface area contributed by atoms with Gasteiger partial charge in [0.25, 0.3) is 5.91 Å². The lowest BCUT2D eigenvalue weighted by Gasteiger charge is -2.47. The Morgan fingerprint density at radius 2 is 2.05 bits per heavy atom. The molecule has 1 aromatic heterocycles. The number of rotatable bonds is 3. The van der Waals surface area contributed by atoms with Crippen molar-refractivity contribution >= 4 is 27.9 Å². The van der Waals surface area contributed by atoms with Gasteiger partial charge in [0.1, 0.15) is 4.88 Å². The number of nitrogen functional groups attached to an aromatic ring is 1. The number of piperidine rings is 2. The van der Waals surface area contributed by atoms with Gasteiger partial charge in [0.2, 0.25) is 0 Å². The first kappa shape index (κ1) is 13.7. The number of nitrogens with one attached hydrogen (secondary N) is 1. The highest BCUT2D eigenvalue weighted by Crippen LogP contribution is 2.36. The van der Waals surface area contributed by atoms with Crippen LogP contribution >= 0.6 is 11.3 Å². The molecule has 3 rings (SSSR count). The number of nitrogens with two attached hydrogens (primary N) is 2. The van der Waals surface area contributed by atoms with E-state index in [-0.39, 0.29) is 0 Å². The Kier molecular flexibility index (Phi) is 3.60. The quantitative estimate of drug-likeness (QED) is 0.794. The third kappa shape index (κ3) is 2.50. The van der Waals surface area contributed by atoms with E-state index >= 15 is 0 Å². The summed E-state index contributed by atoms with van der Waals surface area (Å²) in [5, 5.41) is 4.51. The second-order valence-corrected chi connectivity index (χ2v) is 7.03. The number of carbonyl (C=O) groups is 1. The van der Waals surface area contributed by atoms with Crippen molar-refractivity contribution in [3.63, 3.8) is 0 Å². The maximum atomic E-state index is 11.2. The Balaban J connectivity index is 1.69. The number of hydrogen-bond donors (Lipinski definition) is 3. The van der Waals surface area contributed by atoms with E-state index in [0.717, 1.165) is 17.8 Å².